The van der Waals surface area contributed by atoms with Gasteiger partial charge in [0, 0.05) is 10.4 Å². The Morgan fingerprint density at radius 2 is 1.92 bits per heavy atom. The topological polar surface area (TPSA) is 77.9 Å². The molecule has 1 aromatic heterocycles. The van der Waals surface area contributed by atoms with Gasteiger partial charge in [0.2, 0.25) is 0 Å². The summed E-state index contributed by atoms with van der Waals surface area (Å²) in [5, 5.41) is 11.3. The highest BCUT2D eigenvalue weighted by molar-refractivity contribution is 6.31. The molecule has 1 aliphatic carbocycles. The number of fused-ring (bicyclic) bond motifs is 1. The Balaban J connectivity index is 1.34. The van der Waals surface area contributed by atoms with Crippen molar-refractivity contribution in [3.8, 4) is 11.5 Å². The molecule has 1 saturated carbocycles. The van der Waals surface area contributed by atoms with Crippen LogP contribution in [0.15, 0.2) is 72.8 Å². The van der Waals surface area contributed by atoms with Gasteiger partial charge < -0.3 is 19.3 Å². The van der Waals surface area contributed by atoms with Crippen LogP contribution in [0, 0.1) is 5.92 Å². The Kier molecular flexibility index (Phi) is 7.91. The first-order valence-electron chi connectivity index (χ1n) is 12.5. The molecule has 0 radical (unpaired) electrons. The minimum Gasteiger partial charge on any atom is -0.497 e. The van der Waals surface area contributed by atoms with Crippen LogP contribution in [0.4, 0.5) is 0 Å². The van der Waals surface area contributed by atoms with Crippen LogP contribution in [-0.4, -0.2) is 36.4 Å². The molecule has 0 saturated heterocycles. The van der Waals surface area contributed by atoms with Crippen molar-refractivity contribution in [1.82, 2.24) is 4.98 Å². The Morgan fingerprint density at radius 1 is 1.08 bits per heavy atom. The van der Waals surface area contributed by atoms with E-state index in [4.69, 9.17) is 25.8 Å². The molecule has 0 bridgehead atoms. The highest BCUT2D eigenvalue weighted by Crippen LogP contribution is 2.32. The first-order valence-corrected chi connectivity index (χ1v) is 12.9. The number of aromatic carboxylic acids is 1. The maximum absolute atomic E-state index is 11.8. The van der Waals surface area contributed by atoms with E-state index in [0.717, 1.165) is 27.7 Å². The second kappa shape index (κ2) is 11.7. The average molecular weight is 530 g/mol. The lowest BCUT2D eigenvalue weighted by Crippen LogP contribution is -2.16. The Labute approximate surface area is 226 Å². The number of carboxylic acid groups (broad SMARTS) is 1. The van der Waals surface area contributed by atoms with Gasteiger partial charge >= 0.3 is 5.97 Å². The van der Waals surface area contributed by atoms with E-state index in [0.29, 0.717) is 23.3 Å². The number of ether oxygens (including phenoxy) is 3. The number of halogens is 1. The van der Waals surface area contributed by atoms with Gasteiger partial charge in [-0.2, -0.15) is 0 Å². The van der Waals surface area contributed by atoms with E-state index >= 15 is 0 Å². The van der Waals surface area contributed by atoms with Crippen molar-refractivity contribution >= 4 is 40.6 Å². The second-order valence-corrected chi connectivity index (χ2v) is 9.76. The van der Waals surface area contributed by atoms with Gasteiger partial charge in [-0.3, -0.25) is 0 Å². The largest absolute Gasteiger partial charge is 0.497 e. The van der Waals surface area contributed by atoms with Crippen LogP contribution in [0.3, 0.4) is 0 Å². The Bertz CT molecular complexity index is 1480. The molecule has 1 atom stereocenters. The van der Waals surface area contributed by atoms with Crippen LogP contribution < -0.4 is 9.47 Å². The summed E-state index contributed by atoms with van der Waals surface area (Å²) in [6.45, 7) is 0.825. The van der Waals surface area contributed by atoms with Crippen molar-refractivity contribution in [2.24, 2.45) is 5.92 Å². The van der Waals surface area contributed by atoms with E-state index in [1.165, 1.54) is 26.0 Å². The van der Waals surface area contributed by atoms with Gasteiger partial charge in [-0.25, -0.2) is 9.78 Å². The molecule has 7 heteroatoms. The van der Waals surface area contributed by atoms with Gasteiger partial charge in [-0.05, 0) is 78.4 Å². The number of benzene rings is 3. The first-order chi connectivity index (χ1) is 18.5. The van der Waals surface area contributed by atoms with E-state index in [-0.39, 0.29) is 24.0 Å². The standard InChI is InChI=1S/C31H28ClNO5/c1-36-26-13-14-29(27(17-26)31(34)35)38-19-30(37-18-21-5-6-21)23-4-2-3-20(15-23)7-11-25-12-9-22-8-10-24(32)16-28(22)33-25/h2-4,7-17,21,30H,5-6,18-19H2,1H3,(H,34,35)/b11-7+/t30-/m0/s1. The molecular weight excluding hydrogens is 502 g/mol. The third kappa shape index (κ3) is 6.52. The summed E-state index contributed by atoms with van der Waals surface area (Å²) in [6, 6.07) is 22.5. The molecule has 0 aliphatic heterocycles. The second-order valence-electron chi connectivity index (χ2n) is 9.32. The number of pyridine rings is 1. The van der Waals surface area contributed by atoms with Crippen molar-refractivity contribution in [3.63, 3.8) is 0 Å². The highest BCUT2D eigenvalue weighted by atomic mass is 35.5. The molecule has 194 valence electrons. The molecule has 6 nitrogen and oxygen atoms in total. The van der Waals surface area contributed by atoms with Crippen LogP contribution in [-0.2, 0) is 4.74 Å². The first kappa shape index (κ1) is 25.8. The monoisotopic (exact) mass is 529 g/mol. The molecule has 0 spiro atoms. The van der Waals surface area contributed by atoms with Crippen molar-refractivity contribution in [3.05, 3.63) is 100 Å². The molecule has 1 aliphatic rings. The zero-order valence-corrected chi connectivity index (χ0v) is 21.7. The van der Waals surface area contributed by atoms with Gasteiger partial charge in [-0.15, -0.1) is 0 Å². The van der Waals surface area contributed by atoms with Crippen LogP contribution >= 0.6 is 11.6 Å². The van der Waals surface area contributed by atoms with E-state index in [9.17, 15) is 9.90 Å². The van der Waals surface area contributed by atoms with Gasteiger partial charge in [0.05, 0.1) is 24.9 Å². The average Bonchev–Trinajstić information content (AvgIpc) is 3.76. The molecule has 38 heavy (non-hydrogen) atoms. The summed E-state index contributed by atoms with van der Waals surface area (Å²) in [5.74, 6) is 0.228. The van der Waals surface area contributed by atoms with Crippen LogP contribution in [0.1, 0.15) is 46.1 Å². The van der Waals surface area contributed by atoms with Crippen molar-refractivity contribution in [1.29, 1.82) is 0 Å². The summed E-state index contributed by atoms with van der Waals surface area (Å²) in [6.07, 6.45) is 5.96. The van der Waals surface area contributed by atoms with Gasteiger partial charge in [0.1, 0.15) is 29.8 Å². The minimum absolute atomic E-state index is 0.0474. The highest BCUT2D eigenvalue weighted by Gasteiger charge is 2.25. The lowest BCUT2D eigenvalue weighted by Gasteiger charge is -2.20. The number of carbonyl (C=O) groups is 1. The molecule has 0 amide bonds. The number of nitrogens with zero attached hydrogens (tertiary/aromatic N) is 1. The third-order valence-electron chi connectivity index (χ3n) is 6.44. The summed E-state index contributed by atoms with van der Waals surface area (Å²) in [7, 11) is 1.50. The predicted molar refractivity (Wildman–Crippen MR) is 149 cm³/mol. The molecule has 0 unspecified atom stereocenters. The fraction of sp³-hybridized carbons (Fsp3) is 0.226. The molecule has 1 N–H and O–H groups in total. The number of methoxy groups -OCH3 is 1. The zero-order valence-electron chi connectivity index (χ0n) is 21.0. The van der Waals surface area contributed by atoms with Crippen molar-refractivity contribution in [2.45, 2.75) is 18.9 Å². The normalized spacial score (nSPS) is 14.1. The zero-order chi connectivity index (χ0) is 26.5. The lowest BCUT2D eigenvalue weighted by molar-refractivity contribution is 0.0128. The summed E-state index contributed by atoms with van der Waals surface area (Å²) >= 11 is 6.13. The Hall–Kier alpha value is -3.87. The van der Waals surface area contributed by atoms with Crippen LogP contribution in [0.2, 0.25) is 5.02 Å². The third-order valence-corrected chi connectivity index (χ3v) is 6.68. The number of hydrogen-bond donors (Lipinski definition) is 1. The molecule has 4 aromatic rings. The van der Waals surface area contributed by atoms with Gasteiger partial charge in [0.25, 0.3) is 0 Å². The minimum atomic E-state index is -1.08. The number of hydrogen-bond acceptors (Lipinski definition) is 5. The molecule has 3 aromatic carbocycles. The summed E-state index contributed by atoms with van der Waals surface area (Å²) in [5.41, 5.74) is 3.67. The maximum atomic E-state index is 11.8. The maximum Gasteiger partial charge on any atom is 0.339 e. The van der Waals surface area contributed by atoms with Gasteiger partial charge in [-0.1, -0.05) is 48.0 Å². The lowest BCUT2D eigenvalue weighted by atomic mass is 10.1. The van der Waals surface area contributed by atoms with E-state index < -0.39 is 5.97 Å². The van der Waals surface area contributed by atoms with E-state index in [1.54, 1.807) is 12.1 Å². The number of carboxylic acids is 1. The number of rotatable bonds is 11. The fourth-order valence-corrected chi connectivity index (χ4v) is 4.28. The molecule has 5 rings (SSSR count). The fourth-order valence-electron chi connectivity index (χ4n) is 4.12. The van der Waals surface area contributed by atoms with Crippen molar-refractivity contribution in [2.75, 3.05) is 20.3 Å². The van der Waals surface area contributed by atoms with Gasteiger partial charge in [0.15, 0.2) is 0 Å². The Morgan fingerprint density at radius 3 is 2.71 bits per heavy atom. The quantitative estimate of drug-likeness (QED) is 0.219. The predicted octanol–water partition coefficient (Wildman–Crippen LogP) is 7.31. The molecular formula is C31H28ClNO5. The summed E-state index contributed by atoms with van der Waals surface area (Å²) in [4.78, 5) is 16.5. The van der Waals surface area contributed by atoms with E-state index in [1.807, 2.05) is 60.7 Å². The SMILES string of the molecule is COc1ccc(OC[C@H](OCC2CC2)c2cccc(/C=C/c3ccc4ccc(Cl)cc4n3)c2)c(C(=O)O)c1. The number of aromatic nitrogens is 1. The smallest absolute Gasteiger partial charge is 0.339 e. The van der Waals surface area contributed by atoms with E-state index in [2.05, 4.69) is 11.1 Å². The molecule has 1 fully saturated rings. The molecule has 1 heterocycles. The van der Waals surface area contributed by atoms with Crippen LogP contribution in [0.25, 0.3) is 23.1 Å². The summed E-state index contributed by atoms with van der Waals surface area (Å²) < 4.78 is 17.4. The van der Waals surface area contributed by atoms with Crippen LogP contribution in [0.5, 0.6) is 11.5 Å². The van der Waals surface area contributed by atoms with Crippen molar-refractivity contribution < 1.29 is 24.1 Å².